The first-order valence-corrected chi connectivity index (χ1v) is 5.09. The zero-order chi connectivity index (χ0) is 10.8. The van der Waals surface area contributed by atoms with Crippen molar-refractivity contribution in [3.05, 3.63) is 17.5 Å². The highest BCUT2D eigenvalue weighted by Crippen LogP contribution is 2.40. The summed E-state index contributed by atoms with van der Waals surface area (Å²) in [6.45, 7) is 1.64. The lowest BCUT2D eigenvalue weighted by Crippen LogP contribution is -2.35. The Morgan fingerprint density at radius 2 is 2.53 bits per heavy atom. The summed E-state index contributed by atoms with van der Waals surface area (Å²) in [6, 6.07) is 1.41. The van der Waals surface area contributed by atoms with Gasteiger partial charge in [-0.1, -0.05) is 5.16 Å². The molecule has 5 nitrogen and oxygen atoms in total. The highest BCUT2D eigenvalue weighted by atomic mass is 16.5. The minimum absolute atomic E-state index is 0.0843. The fourth-order valence-electron chi connectivity index (χ4n) is 1.30. The van der Waals surface area contributed by atoms with Crippen LogP contribution >= 0.6 is 0 Å². The molecule has 1 amide bonds. The van der Waals surface area contributed by atoms with Gasteiger partial charge in [-0.3, -0.25) is 4.79 Å². The van der Waals surface area contributed by atoms with Crippen molar-refractivity contribution in [2.45, 2.75) is 31.7 Å². The molecular formula is C10H14N2O3. The number of nitrogens with one attached hydrogen (secondary N) is 1. The van der Waals surface area contributed by atoms with Crippen molar-refractivity contribution in [2.75, 3.05) is 6.61 Å². The summed E-state index contributed by atoms with van der Waals surface area (Å²) in [5.74, 6) is 0.943. The van der Waals surface area contributed by atoms with E-state index >= 15 is 0 Å². The van der Waals surface area contributed by atoms with Gasteiger partial charge in [0.15, 0.2) is 5.69 Å². The van der Waals surface area contributed by atoms with Gasteiger partial charge in [-0.2, -0.15) is 0 Å². The Labute approximate surface area is 87.5 Å². The zero-order valence-corrected chi connectivity index (χ0v) is 8.56. The van der Waals surface area contributed by atoms with E-state index in [9.17, 15) is 4.79 Å². The summed E-state index contributed by atoms with van der Waals surface area (Å²) in [4.78, 5) is 11.5. The van der Waals surface area contributed by atoms with Gasteiger partial charge in [-0.25, -0.2) is 0 Å². The van der Waals surface area contributed by atoms with Gasteiger partial charge in [0.1, 0.15) is 5.76 Å². The largest absolute Gasteiger partial charge is 0.394 e. The average molecular weight is 210 g/mol. The van der Waals surface area contributed by atoms with E-state index in [0.717, 1.165) is 18.6 Å². The molecule has 15 heavy (non-hydrogen) atoms. The van der Waals surface area contributed by atoms with Crippen LogP contribution in [0.15, 0.2) is 10.6 Å². The van der Waals surface area contributed by atoms with Crippen LogP contribution < -0.4 is 5.32 Å². The van der Waals surface area contributed by atoms with Gasteiger partial charge in [-0.15, -0.1) is 0 Å². The van der Waals surface area contributed by atoms with Crippen LogP contribution in [0.5, 0.6) is 0 Å². The minimum atomic E-state index is -0.299. The maximum Gasteiger partial charge on any atom is 0.273 e. The van der Waals surface area contributed by atoms with Crippen LogP contribution in [0.1, 0.15) is 41.9 Å². The number of aromatic nitrogens is 1. The van der Waals surface area contributed by atoms with E-state index < -0.39 is 0 Å². The third-order valence-electron chi connectivity index (χ3n) is 2.39. The number of amides is 1. The van der Waals surface area contributed by atoms with Crippen LogP contribution in [0.4, 0.5) is 0 Å². The van der Waals surface area contributed by atoms with E-state index in [1.54, 1.807) is 13.0 Å². The lowest BCUT2D eigenvalue weighted by atomic mass is 10.2. The first-order valence-electron chi connectivity index (χ1n) is 5.09. The molecule has 1 aromatic heterocycles. The van der Waals surface area contributed by atoms with Crippen molar-refractivity contribution >= 4 is 5.91 Å². The fourth-order valence-corrected chi connectivity index (χ4v) is 1.30. The molecule has 0 aromatic carbocycles. The van der Waals surface area contributed by atoms with Crippen LogP contribution in [-0.2, 0) is 0 Å². The first-order chi connectivity index (χ1) is 7.20. The number of nitrogens with zero attached hydrogens (tertiary/aromatic N) is 1. The molecule has 1 aliphatic carbocycles. The van der Waals surface area contributed by atoms with Crippen molar-refractivity contribution in [3.8, 4) is 0 Å². The normalized spacial score (nSPS) is 17.5. The molecule has 1 aromatic rings. The molecule has 1 aliphatic rings. The van der Waals surface area contributed by atoms with Crippen molar-refractivity contribution in [1.29, 1.82) is 0 Å². The maximum atomic E-state index is 11.5. The molecular weight excluding hydrogens is 196 g/mol. The molecule has 0 spiro atoms. The van der Waals surface area contributed by atoms with Gasteiger partial charge in [-0.05, 0) is 19.8 Å². The lowest BCUT2D eigenvalue weighted by Gasteiger charge is -2.07. The Hall–Kier alpha value is -1.36. The second kappa shape index (κ2) is 4.02. The summed E-state index contributed by atoms with van der Waals surface area (Å²) >= 11 is 0. The van der Waals surface area contributed by atoms with E-state index in [0.29, 0.717) is 5.92 Å². The number of carbonyl (C=O) groups is 1. The van der Waals surface area contributed by atoms with Gasteiger partial charge < -0.3 is 14.9 Å². The molecule has 1 atom stereocenters. The van der Waals surface area contributed by atoms with Crippen molar-refractivity contribution in [1.82, 2.24) is 10.5 Å². The highest BCUT2D eigenvalue weighted by molar-refractivity contribution is 5.92. The van der Waals surface area contributed by atoms with Crippen molar-refractivity contribution in [3.63, 3.8) is 0 Å². The zero-order valence-electron chi connectivity index (χ0n) is 8.56. The van der Waals surface area contributed by atoms with Gasteiger partial charge in [0.25, 0.3) is 5.91 Å². The van der Waals surface area contributed by atoms with Gasteiger partial charge in [0.2, 0.25) is 0 Å². The summed E-state index contributed by atoms with van der Waals surface area (Å²) in [5, 5.41) is 15.1. The number of rotatable bonds is 4. The quantitative estimate of drug-likeness (QED) is 0.765. The third kappa shape index (κ3) is 2.36. The lowest BCUT2D eigenvalue weighted by molar-refractivity contribution is 0.0913. The Bertz CT molecular complexity index is 357. The summed E-state index contributed by atoms with van der Waals surface area (Å²) < 4.78 is 5.05. The van der Waals surface area contributed by atoms with Gasteiger partial charge in [0, 0.05) is 18.0 Å². The summed E-state index contributed by atoms with van der Waals surface area (Å²) in [5.41, 5.74) is 0.289. The maximum absolute atomic E-state index is 11.5. The number of hydrogen-bond acceptors (Lipinski definition) is 4. The number of aliphatic hydroxyl groups excluding tert-OH is 1. The van der Waals surface area contributed by atoms with Crippen LogP contribution in [-0.4, -0.2) is 28.8 Å². The van der Waals surface area contributed by atoms with Crippen molar-refractivity contribution < 1.29 is 14.4 Å². The van der Waals surface area contributed by atoms with Gasteiger partial charge in [0.05, 0.1) is 6.61 Å². The van der Waals surface area contributed by atoms with E-state index in [2.05, 4.69) is 10.5 Å². The Balaban J connectivity index is 1.98. The Kier molecular flexibility index (Phi) is 2.73. The standard InChI is InChI=1S/C10H14N2O3/c1-6(5-13)11-10(14)8-4-9(15-12-8)7-2-3-7/h4,6-7,13H,2-3,5H2,1H3,(H,11,14)/t6-/m0/s1. The summed E-state index contributed by atoms with van der Waals surface area (Å²) in [7, 11) is 0. The van der Waals surface area contributed by atoms with Crippen LogP contribution in [0.3, 0.4) is 0 Å². The number of carbonyl (C=O) groups excluding carboxylic acids is 1. The van der Waals surface area contributed by atoms with E-state index in [1.807, 2.05) is 0 Å². The second-order valence-corrected chi connectivity index (χ2v) is 3.95. The molecule has 0 aliphatic heterocycles. The number of aliphatic hydroxyl groups is 1. The van der Waals surface area contributed by atoms with Crippen molar-refractivity contribution in [2.24, 2.45) is 0 Å². The Morgan fingerprint density at radius 1 is 1.80 bits per heavy atom. The van der Waals surface area contributed by atoms with Crippen LogP contribution in [0.2, 0.25) is 0 Å². The van der Waals surface area contributed by atoms with E-state index in [-0.39, 0.29) is 24.2 Å². The van der Waals surface area contributed by atoms with Gasteiger partial charge >= 0.3 is 0 Å². The molecule has 0 bridgehead atoms. The molecule has 0 radical (unpaired) electrons. The first kappa shape index (κ1) is 10.2. The highest BCUT2D eigenvalue weighted by Gasteiger charge is 2.28. The average Bonchev–Trinajstić information content (AvgIpc) is 2.96. The van der Waals surface area contributed by atoms with E-state index in [1.165, 1.54) is 0 Å². The molecule has 0 saturated heterocycles. The molecule has 2 N–H and O–H groups in total. The smallest absolute Gasteiger partial charge is 0.273 e. The fraction of sp³-hybridized carbons (Fsp3) is 0.600. The summed E-state index contributed by atoms with van der Waals surface area (Å²) in [6.07, 6.45) is 2.23. The molecule has 1 fully saturated rings. The molecule has 1 saturated carbocycles. The number of hydrogen-bond donors (Lipinski definition) is 2. The predicted octanol–water partition coefficient (Wildman–Crippen LogP) is 0.663. The minimum Gasteiger partial charge on any atom is -0.394 e. The topological polar surface area (TPSA) is 75.4 Å². The molecule has 1 heterocycles. The van der Waals surface area contributed by atoms with Crippen LogP contribution in [0.25, 0.3) is 0 Å². The molecule has 82 valence electrons. The predicted molar refractivity (Wildman–Crippen MR) is 52.5 cm³/mol. The Morgan fingerprint density at radius 3 is 3.13 bits per heavy atom. The van der Waals surface area contributed by atoms with Crippen LogP contribution in [0, 0.1) is 0 Å². The second-order valence-electron chi connectivity index (χ2n) is 3.95. The molecule has 2 rings (SSSR count). The third-order valence-corrected chi connectivity index (χ3v) is 2.39. The molecule has 5 heteroatoms. The SMILES string of the molecule is C[C@@H](CO)NC(=O)c1cc(C2CC2)on1. The van der Waals surface area contributed by atoms with E-state index in [4.69, 9.17) is 9.63 Å². The monoisotopic (exact) mass is 210 g/mol. The molecule has 0 unspecified atom stereocenters.